The maximum Gasteiger partial charge on any atom is 0.329 e. The largest absolute Gasteiger partial charge is 0.454 e. The van der Waals surface area contributed by atoms with Gasteiger partial charge in [-0.25, -0.2) is 0 Å². The van der Waals surface area contributed by atoms with E-state index < -0.39 is 0 Å². The lowest BCUT2D eigenvalue weighted by Crippen LogP contribution is -1.89. The Bertz CT molecular complexity index is 91.5. The van der Waals surface area contributed by atoms with Crippen LogP contribution in [0.2, 0.25) is 0 Å². The molecule has 2 nitrogen and oxygen atoms in total. The molecule has 0 fully saturated rings. The monoisotopic (exact) mass is 70.0 g/mol. The predicted molar refractivity (Wildman–Crippen MR) is 14.1 cm³/mol. The van der Waals surface area contributed by atoms with Crippen LogP contribution in [0.4, 0.5) is 0 Å². The van der Waals surface area contributed by atoms with Crippen LogP contribution in [0.3, 0.4) is 0 Å². The van der Waals surface area contributed by atoms with E-state index in [0.29, 0.717) is 0 Å². The van der Waals surface area contributed by atoms with Crippen LogP contribution in [-0.4, -0.2) is 6.61 Å². The number of hydrogen-bond acceptors (Lipinski definition) is 2. The summed E-state index contributed by atoms with van der Waals surface area (Å²) < 4.78 is 9.30. The summed E-state index contributed by atoms with van der Waals surface area (Å²) in [5, 5.41) is 0. The van der Waals surface area contributed by atoms with Gasteiger partial charge in [0.1, 0.15) is 0 Å². The van der Waals surface area contributed by atoms with Crippen LogP contribution in [-0.2, 0) is 9.47 Å². The first-order valence-corrected chi connectivity index (χ1v) is 1.50. The van der Waals surface area contributed by atoms with E-state index in [1.54, 1.807) is 0 Å². The second kappa shape index (κ2) is 0.263. The zero-order valence-electron chi connectivity index (χ0n) is 2.52. The van der Waals surface area contributed by atoms with E-state index in [2.05, 4.69) is 9.47 Å². The van der Waals surface area contributed by atoms with E-state index >= 15 is 0 Å². The molecule has 2 rings (SSSR count). The molecule has 0 atom stereocenters. The third-order valence-electron chi connectivity index (χ3n) is 0.736. The summed E-state index contributed by atoms with van der Waals surface area (Å²) in [4.78, 5) is 0. The zero-order chi connectivity index (χ0) is 3.28. The molecular weight excluding hydrogens is 68.0 g/mol. The molecule has 0 spiro atoms. The summed E-state index contributed by atoms with van der Waals surface area (Å²) in [6.45, 7) is 0.718. The Balaban J connectivity index is 2.53. The van der Waals surface area contributed by atoms with Crippen molar-refractivity contribution in [1.29, 1.82) is 0 Å². The Kier molecular flexibility index (Phi) is 0.0893. The molecule has 0 saturated heterocycles. The summed E-state index contributed by atoms with van der Waals surface area (Å²) in [7, 11) is 0. The van der Waals surface area contributed by atoms with Crippen molar-refractivity contribution >= 4 is 0 Å². The SMILES string of the molecule is C1OC2=C1O2. The Morgan fingerprint density at radius 3 is 2.40 bits per heavy atom. The van der Waals surface area contributed by atoms with Gasteiger partial charge in [0.15, 0.2) is 6.61 Å². The van der Waals surface area contributed by atoms with Crippen LogP contribution in [0, 0.1) is 0 Å². The van der Waals surface area contributed by atoms with E-state index in [1.807, 2.05) is 0 Å². The highest BCUT2D eigenvalue weighted by molar-refractivity contribution is 5.19. The minimum Gasteiger partial charge on any atom is -0.454 e. The van der Waals surface area contributed by atoms with Crippen LogP contribution in [0.25, 0.3) is 0 Å². The molecule has 0 bridgehead atoms. The molecule has 2 aliphatic heterocycles. The summed E-state index contributed by atoms with van der Waals surface area (Å²) in [5.41, 5.74) is 0. The Morgan fingerprint density at radius 2 is 2.40 bits per heavy atom. The quantitative estimate of drug-likeness (QED) is 0.406. The first-order valence-electron chi connectivity index (χ1n) is 1.50. The molecule has 0 aromatic heterocycles. The van der Waals surface area contributed by atoms with E-state index in [0.717, 1.165) is 18.3 Å². The third kappa shape index (κ3) is 0.0561. The highest BCUT2D eigenvalue weighted by atomic mass is 16.8. The van der Waals surface area contributed by atoms with Gasteiger partial charge in [-0.1, -0.05) is 0 Å². The van der Waals surface area contributed by atoms with Gasteiger partial charge in [0.25, 0.3) is 0 Å². The highest BCUT2D eigenvalue weighted by Crippen LogP contribution is 2.36. The van der Waals surface area contributed by atoms with Crippen LogP contribution in [0.1, 0.15) is 0 Å². The number of ether oxygens (including phenoxy) is 2. The Morgan fingerprint density at radius 1 is 1.60 bits per heavy atom. The smallest absolute Gasteiger partial charge is 0.329 e. The maximum absolute atomic E-state index is 4.66. The lowest BCUT2D eigenvalue weighted by Gasteiger charge is -1.88. The van der Waals surface area contributed by atoms with Crippen molar-refractivity contribution < 1.29 is 9.47 Å². The fourth-order valence-corrected chi connectivity index (χ4v) is 0.335. The normalized spacial score (nSPS) is 25.6. The Hall–Kier alpha value is -0.660. The van der Waals surface area contributed by atoms with Gasteiger partial charge in [-0.15, -0.1) is 0 Å². The molecule has 0 saturated carbocycles. The summed E-state index contributed by atoms with van der Waals surface area (Å²) >= 11 is 0. The van der Waals surface area contributed by atoms with E-state index in [4.69, 9.17) is 0 Å². The van der Waals surface area contributed by atoms with Gasteiger partial charge < -0.3 is 9.47 Å². The van der Waals surface area contributed by atoms with Gasteiger partial charge in [-0.2, -0.15) is 0 Å². The van der Waals surface area contributed by atoms with E-state index in [-0.39, 0.29) is 0 Å². The van der Waals surface area contributed by atoms with Crippen molar-refractivity contribution in [3.8, 4) is 0 Å². The van der Waals surface area contributed by atoms with Gasteiger partial charge in [0.2, 0.25) is 5.76 Å². The van der Waals surface area contributed by atoms with Gasteiger partial charge in [-0.3, -0.25) is 0 Å². The second-order valence-corrected chi connectivity index (χ2v) is 1.10. The van der Waals surface area contributed by atoms with Gasteiger partial charge in [0, 0.05) is 0 Å². The zero-order valence-corrected chi connectivity index (χ0v) is 2.52. The lowest BCUT2D eigenvalue weighted by atomic mass is 10.6. The maximum atomic E-state index is 4.66. The van der Waals surface area contributed by atoms with Crippen LogP contribution in [0.5, 0.6) is 0 Å². The van der Waals surface area contributed by atoms with Crippen molar-refractivity contribution in [3.63, 3.8) is 0 Å². The van der Waals surface area contributed by atoms with Gasteiger partial charge >= 0.3 is 5.95 Å². The number of rotatable bonds is 0. The van der Waals surface area contributed by atoms with Crippen molar-refractivity contribution in [2.75, 3.05) is 6.61 Å². The topological polar surface area (TPSA) is 21.8 Å². The van der Waals surface area contributed by atoms with Crippen molar-refractivity contribution in [2.45, 2.75) is 0 Å². The first kappa shape index (κ1) is 1.70. The number of hydrogen-bond donors (Lipinski definition) is 0. The van der Waals surface area contributed by atoms with Crippen LogP contribution >= 0.6 is 0 Å². The molecule has 0 amide bonds. The van der Waals surface area contributed by atoms with Crippen molar-refractivity contribution in [3.05, 3.63) is 11.7 Å². The van der Waals surface area contributed by atoms with E-state index in [9.17, 15) is 0 Å². The summed E-state index contributed by atoms with van der Waals surface area (Å²) in [6, 6.07) is 0. The lowest BCUT2D eigenvalue weighted by molar-refractivity contribution is 0.209. The van der Waals surface area contributed by atoms with Crippen molar-refractivity contribution in [2.24, 2.45) is 0 Å². The second-order valence-electron chi connectivity index (χ2n) is 1.10. The molecule has 0 aromatic carbocycles. The standard InChI is InChI=1S/C3H2O2/c1-2-3(4-1)5-2/h1H2. The van der Waals surface area contributed by atoms with Crippen LogP contribution < -0.4 is 0 Å². The highest BCUT2D eigenvalue weighted by Gasteiger charge is 2.37. The fraction of sp³-hybridized carbons (Fsp3) is 0.333. The molecule has 0 aromatic rings. The predicted octanol–water partition coefficient (Wildman–Crippen LogP) is 0.216. The minimum atomic E-state index is 0.718. The molecule has 0 N–H and O–H groups in total. The average molecular weight is 70.0 g/mol. The molecular formula is C3H2O2. The first-order chi connectivity index (χ1) is 2.47. The molecule has 0 radical (unpaired) electrons. The molecule has 5 heavy (non-hydrogen) atoms. The fourth-order valence-electron chi connectivity index (χ4n) is 0.335. The average Bonchev–Trinajstić information content (AvgIpc) is 1.74. The van der Waals surface area contributed by atoms with Crippen LogP contribution in [0.15, 0.2) is 11.7 Å². The van der Waals surface area contributed by atoms with E-state index in [1.165, 1.54) is 0 Å². The minimum absolute atomic E-state index is 0.718. The molecule has 26 valence electrons. The Labute approximate surface area is 29.0 Å². The molecule has 2 heteroatoms. The molecule has 2 heterocycles. The third-order valence-corrected chi connectivity index (χ3v) is 0.736. The summed E-state index contributed by atoms with van der Waals surface area (Å²) in [5.74, 6) is 1.81. The van der Waals surface area contributed by atoms with Gasteiger partial charge in [0.05, 0.1) is 0 Å². The van der Waals surface area contributed by atoms with Crippen molar-refractivity contribution in [1.82, 2.24) is 0 Å². The molecule has 0 aliphatic carbocycles. The van der Waals surface area contributed by atoms with Gasteiger partial charge in [-0.05, 0) is 0 Å². The molecule has 0 unspecified atom stereocenters. The molecule has 2 aliphatic rings. The summed E-state index contributed by atoms with van der Waals surface area (Å²) in [6.07, 6.45) is 0.